The molecule has 1 atom stereocenters. The topological polar surface area (TPSA) is 24.4 Å². The third-order valence-corrected chi connectivity index (χ3v) is 2.71. The molecule has 0 aromatic heterocycles. The van der Waals surface area contributed by atoms with Gasteiger partial charge < -0.3 is 5.43 Å². The Hall–Kier alpha value is -1.61. The van der Waals surface area contributed by atoms with Crippen LogP contribution < -0.4 is 9.91 Å². The van der Waals surface area contributed by atoms with E-state index in [0.29, 0.717) is 4.48 Å². The summed E-state index contributed by atoms with van der Waals surface area (Å²) in [6, 6.07) is 8.42. The maximum Gasteiger partial charge on any atom is 0.212 e. The molecule has 3 nitrogen and oxygen atoms in total. The number of likely N-dealkylation sites (N-methyl/N-ethyl adjacent to an activating group) is 1. The molecule has 0 aliphatic carbocycles. The van der Waals surface area contributed by atoms with Gasteiger partial charge in [-0.15, -0.1) is 5.10 Å². The smallest absolute Gasteiger partial charge is 0.212 e. The van der Waals surface area contributed by atoms with Gasteiger partial charge in [-0.1, -0.05) is 12.1 Å². The average molecular weight is 202 g/mol. The number of hydrazone groups is 1. The van der Waals surface area contributed by atoms with Gasteiger partial charge in [0.05, 0.1) is 7.05 Å². The van der Waals surface area contributed by atoms with Crippen molar-refractivity contribution in [2.75, 3.05) is 20.6 Å². The monoisotopic (exact) mass is 202 g/mol. The van der Waals surface area contributed by atoms with Gasteiger partial charge in [0.1, 0.15) is 12.2 Å². The second-order valence-corrected chi connectivity index (χ2v) is 3.88. The van der Waals surface area contributed by atoms with E-state index in [1.54, 1.807) is 0 Å². The third kappa shape index (κ3) is 1.78. The van der Waals surface area contributed by atoms with Crippen LogP contribution in [0.4, 0.5) is 5.69 Å². The molecule has 1 N–H and O–H groups in total. The molecule has 0 fully saturated rings. The lowest BCUT2D eigenvalue weighted by atomic mass is 10.1. The zero-order valence-corrected chi connectivity index (χ0v) is 9.14. The second kappa shape index (κ2) is 3.87. The van der Waals surface area contributed by atoms with Crippen LogP contribution in [0.1, 0.15) is 5.56 Å². The van der Waals surface area contributed by atoms with Crippen molar-refractivity contribution in [2.45, 2.75) is 0 Å². The molecule has 0 spiro atoms. The predicted molar refractivity (Wildman–Crippen MR) is 65.6 cm³/mol. The zero-order valence-electron chi connectivity index (χ0n) is 9.14. The fourth-order valence-corrected chi connectivity index (χ4v) is 1.89. The number of hydrogen-bond acceptors (Lipinski definition) is 2. The minimum atomic E-state index is 0.716. The van der Waals surface area contributed by atoms with Crippen LogP contribution in [0.15, 0.2) is 35.4 Å². The first-order chi connectivity index (χ1) is 7.26. The fourth-order valence-electron chi connectivity index (χ4n) is 1.89. The standard InChI is InChI=1S/C12H16N3/c1-13-14-10-15(2)9-5-7-11-6-3-4-8-12(11)15/h3-8,10,13H,9H2,1-2H3/q+1/b14-10+. The number of nitrogens with one attached hydrogen (secondary N) is 1. The van der Waals surface area contributed by atoms with E-state index in [9.17, 15) is 0 Å². The number of rotatable bonds is 2. The molecular formula is C12H16N3+. The molecule has 0 bridgehead atoms. The summed E-state index contributed by atoms with van der Waals surface area (Å²) in [7, 11) is 3.97. The van der Waals surface area contributed by atoms with Gasteiger partial charge in [-0.05, 0) is 18.2 Å². The van der Waals surface area contributed by atoms with Crippen LogP contribution in [0.25, 0.3) is 6.08 Å². The van der Waals surface area contributed by atoms with Gasteiger partial charge in [0.2, 0.25) is 6.34 Å². The molecule has 0 amide bonds. The molecule has 15 heavy (non-hydrogen) atoms. The van der Waals surface area contributed by atoms with Gasteiger partial charge in [-0.25, -0.2) is 4.48 Å². The molecule has 1 aliphatic rings. The first-order valence-electron chi connectivity index (χ1n) is 5.08. The molecule has 0 saturated heterocycles. The van der Waals surface area contributed by atoms with E-state index in [1.807, 2.05) is 13.4 Å². The van der Waals surface area contributed by atoms with Crippen LogP contribution >= 0.6 is 0 Å². The highest BCUT2D eigenvalue weighted by atomic mass is 15.4. The summed E-state index contributed by atoms with van der Waals surface area (Å²) in [4.78, 5) is 0. The molecule has 1 aromatic carbocycles. The van der Waals surface area contributed by atoms with Crippen LogP contribution in [-0.2, 0) is 0 Å². The van der Waals surface area contributed by atoms with Crippen LogP contribution in [0, 0.1) is 0 Å². The summed E-state index contributed by atoms with van der Waals surface area (Å²) in [5, 5.41) is 4.13. The molecule has 1 aliphatic heterocycles. The van der Waals surface area contributed by atoms with Gasteiger partial charge in [0.25, 0.3) is 0 Å². The molecule has 0 radical (unpaired) electrons. The highest BCUT2D eigenvalue weighted by molar-refractivity contribution is 5.81. The largest absolute Gasteiger partial charge is 0.308 e. The SMILES string of the molecule is CN/N=C/[N+]1(C)CC=Cc2ccccc21. The summed E-state index contributed by atoms with van der Waals surface area (Å²) in [6.07, 6.45) is 6.29. The Morgan fingerprint density at radius 3 is 3.00 bits per heavy atom. The summed E-state index contributed by atoms with van der Waals surface area (Å²) < 4.78 is 0.716. The summed E-state index contributed by atoms with van der Waals surface area (Å²) >= 11 is 0. The normalized spacial score (nSPS) is 24.1. The van der Waals surface area contributed by atoms with Gasteiger partial charge in [0, 0.05) is 18.7 Å². The lowest BCUT2D eigenvalue weighted by Crippen LogP contribution is -2.45. The van der Waals surface area contributed by atoms with E-state index in [2.05, 4.69) is 54.0 Å². The van der Waals surface area contributed by atoms with E-state index in [-0.39, 0.29) is 0 Å². The first-order valence-corrected chi connectivity index (χ1v) is 5.08. The molecule has 1 aromatic rings. The molecule has 0 saturated carbocycles. The van der Waals surface area contributed by atoms with E-state index in [1.165, 1.54) is 11.3 Å². The minimum Gasteiger partial charge on any atom is -0.308 e. The van der Waals surface area contributed by atoms with Crippen LogP contribution in [0.2, 0.25) is 0 Å². The van der Waals surface area contributed by atoms with Gasteiger partial charge in [-0.3, -0.25) is 0 Å². The number of nitrogens with zero attached hydrogens (tertiary/aromatic N) is 2. The Bertz CT molecular complexity index is 409. The molecule has 3 heteroatoms. The van der Waals surface area contributed by atoms with Gasteiger partial charge >= 0.3 is 0 Å². The minimum absolute atomic E-state index is 0.716. The van der Waals surface area contributed by atoms with E-state index in [4.69, 9.17) is 0 Å². The van der Waals surface area contributed by atoms with Crippen molar-refractivity contribution in [2.24, 2.45) is 5.10 Å². The summed E-state index contributed by atoms with van der Waals surface area (Å²) in [5.74, 6) is 0. The molecular weight excluding hydrogens is 186 g/mol. The van der Waals surface area contributed by atoms with Crippen molar-refractivity contribution in [1.82, 2.24) is 9.91 Å². The Labute approximate surface area is 90.3 Å². The average Bonchev–Trinajstić information content (AvgIpc) is 2.27. The van der Waals surface area contributed by atoms with Crippen LogP contribution in [0.5, 0.6) is 0 Å². The number of para-hydroxylation sites is 1. The van der Waals surface area contributed by atoms with Crippen molar-refractivity contribution in [3.05, 3.63) is 35.9 Å². The van der Waals surface area contributed by atoms with E-state index in [0.717, 1.165) is 6.54 Å². The number of fused-ring (bicyclic) bond motifs is 1. The Balaban J connectivity index is 2.45. The third-order valence-electron chi connectivity index (χ3n) is 2.71. The first kappa shape index (κ1) is 9.93. The van der Waals surface area contributed by atoms with E-state index < -0.39 is 0 Å². The Kier molecular flexibility index (Phi) is 2.56. The maximum absolute atomic E-state index is 4.13. The highest BCUT2D eigenvalue weighted by Gasteiger charge is 2.27. The highest BCUT2D eigenvalue weighted by Crippen LogP contribution is 2.28. The van der Waals surface area contributed by atoms with Crippen molar-refractivity contribution < 1.29 is 0 Å². The van der Waals surface area contributed by atoms with Crippen molar-refractivity contribution in [3.8, 4) is 0 Å². The number of quaternary nitrogens is 1. The lowest BCUT2D eigenvalue weighted by Gasteiger charge is -2.31. The molecule has 1 heterocycles. The summed E-state index contributed by atoms with van der Waals surface area (Å²) in [5.41, 5.74) is 5.36. The quantitative estimate of drug-likeness (QED) is 0.336. The predicted octanol–water partition coefficient (Wildman–Crippen LogP) is 1.81. The lowest BCUT2D eigenvalue weighted by molar-refractivity contribution is 0.547. The molecule has 78 valence electrons. The maximum atomic E-state index is 4.13. The fraction of sp³-hybridized carbons (Fsp3) is 0.250. The molecule has 2 rings (SSSR count). The second-order valence-electron chi connectivity index (χ2n) is 3.88. The van der Waals surface area contributed by atoms with E-state index >= 15 is 0 Å². The Morgan fingerprint density at radius 2 is 2.20 bits per heavy atom. The van der Waals surface area contributed by atoms with Crippen molar-refractivity contribution in [1.29, 1.82) is 0 Å². The summed E-state index contributed by atoms with van der Waals surface area (Å²) in [6.45, 7) is 0.947. The van der Waals surface area contributed by atoms with Crippen molar-refractivity contribution >= 4 is 18.1 Å². The number of hydrogen-bond donors (Lipinski definition) is 1. The van der Waals surface area contributed by atoms with Gasteiger partial charge in [-0.2, -0.15) is 0 Å². The van der Waals surface area contributed by atoms with Gasteiger partial charge in [0.15, 0.2) is 0 Å². The van der Waals surface area contributed by atoms with Crippen LogP contribution in [-0.4, -0.2) is 27.0 Å². The van der Waals surface area contributed by atoms with Crippen molar-refractivity contribution in [3.63, 3.8) is 0 Å². The zero-order chi connectivity index (χ0) is 10.7. The number of benzene rings is 1. The molecule has 1 unspecified atom stereocenters. The Morgan fingerprint density at radius 1 is 1.40 bits per heavy atom. The van der Waals surface area contributed by atoms with Crippen LogP contribution in [0.3, 0.4) is 0 Å².